The fourth-order valence-electron chi connectivity index (χ4n) is 3.36. The molecule has 1 amide bonds. The van der Waals surface area contributed by atoms with Gasteiger partial charge in [0, 0.05) is 24.0 Å². The lowest BCUT2D eigenvalue weighted by Gasteiger charge is -2.18. The number of amides is 1. The van der Waals surface area contributed by atoms with Gasteiger partial charge in [0.2, 0.25) is 0 Å². The van der Waals surface area contributed by atoms with Crippen LogP contribution in [0.1, 0.15) is 44.4 Å². The largest absolute Gasteiger partial charge is 0.418 e. The van der Waals surface area contributed by atoms with Gasteiger partial charge in [-0.3, -0.25) is 9.78 Å². The minimum absolute atomic E-state index is 0.0442. The Morgan fingerprint density at radius 2 is 1.91 bits per heavy atom. The van der Waals surface area contributed by atoms with Crippen molar-refractivity contribution in [1.82, 2.24) is 10.3 Å². The van der Waals surface area contributed by atoms with E-state index in [1.54, 1.807) is 31.3 Å². The number of hydrogen-bond acceptors (Lipinski definition) is 4. The number of nitrogens with one attached hydrogen (secondary N) is 1. The lowest BCUT2D eigenvalue weighted by molar-refractivity contribution is -0.206. The number of alkyl halides is 3. The lowest BCUT2D eigenvalue weighted by atomic mass is 9.93. The Balaban J connectivity index is 1.93. The average molecular weight is 453 g/mol. The molecule has 1 aromatic heterocycles. The molecule has 1 heterocycles. The van der Waals surface area contributed by atoms with E-state index < -0.39 is 23.8 Å². The van der Waals surface area contributed by atoms with Gasteiger partial charge in [0.25, 0.3) is 5.91 Å². The third kappa shape index (κ3) is 5.96. The molecule has 0 bridgehead atoms. The van der Waals surface area contributed by atoms with Crippen LogP contribution in [0.5, 0.6) is 0 Å². The molecule has 0 fully saturated rings. The molecule has 3 aromatic rings. The number of aliphatic hydroxyl groups excluding tert-OH is 1. The van der Waals surface area contributed by atoms with E-state index in [-0.39, 0.29) is 23.2 Å². The van der Waals surface area contributed by atoms with Gasteiger partial charge in [-0.1, -0.05) is 18.2 Å². The molecule has 2 aromatic carbocycles. The predicted octanol–water partition coefficient (Wildman–Crippen LogP) is 4.81. The summed E-state index contributed by atoms with van der Waals surface area (Å²) in [6, 6.07) is 14.3. The Morgan fingerprint density at radius 1 is 1.15 bits per heavy atom. The summed E-state index contributed by atoms with van der Waals surface area (Å²) >= 11 is 0. The van der Waals surface area contributed by atoms with Gasteiger partial charge >= 0.3 is 6.18 Å². The van der Waals surface area contributed by atoms with Gasteiger partial charge in [0.05, 0.1) is 11.6 Å². The van der Waals surface area contributed by atoms with Crippen molar-refractivity contribution >= 4 is 5.91 Å². The second-order valence-electron chi connectivity index (χ2n) is 7.76. The van der Waals surface area contributed by atoms with Crippen molar-refractivity contribution in [3.8, 4) is 17.2 Å². The number of halogens is 3. The van der Waals surface area contributed by atoms with Crippen molar-refractivity contribution < 1.29 is 23.1 Å². The Morgan fingerprint density at radius 3 is 2.55 bits per heavy atom. The molecule has 3 rings (SSSR count). The Hall–Kier alpha value is -3.70. The van der Waals surface area contributed by atoms with Gasteiger partial charge in [0.15, 0.2) is 6.10 Å². The van der Waals surface area contributed by atoms with E-state index >= 15 is 0 Å². The van der Waals surface area contributed by atoms with Gasteiger partial charge in [-0.25, -0.2) is 0 Å². The second-order valence-corrected chi connectivity index (χ2v) is 7.76. The van der Waals surface area contributed by atoms with E-state index in [9.17, 15) is 28.3 Å². The van der Waals surface area contributed by atoms with Crippen LogP contribution in [0.25, 0.3) is 11.1 Å². The second kappa shape index (κ2) is 9.84. The maximum Gasteiger partial charge on any atom is 0.418 e. The number of benzene rings is 2. The number of nitriles is 1. The highest BCUT2D eigenvalue weighted by molar-refractivity contribution is 5.96. The Kier molecular flexibility index (Phi) is 7.14. The number of aliphatic hydroxyl groups is 1. The number of hydrogen-bond donors (Lipinski definition) is 2. The lowest BCUT2D eigenvalue weighted by Crippen LogP contribution is -2.26. The molecule has 2 N–H and O–H groups in total. The topological polar surface area (TPSA) is 86.0 Å². The number of nitrogens with zero attached hydrogens (tertiary/aromatic N) is 2. The standard InChI is InChI=1S/C25H22F3N3O2/c1-15-3-6-22(21(9-15)13-29)18-10-19(23(32)25(26,27)28)12-20(11-18)24(33)30-8-7-17-5-4-16(2)31-14-17/h3-6,9-12,14,23,32H,7-8H2,1-2H3,(H,30,33)/t23-/m1/s1. The van der Waals surface area contributed by atoms with E-state index in [2.05, 4.69) is 10.3 Å². The molecule has 0 aliphatic rings. The SMILES string of the molecule is Cc1ccc(-c2cc(C(=O)NCCc3ccc(C)nc3)cc([C@@H](O)C(F)(F)F)c2)c(C#N)c1. The van der Waals surface area contributed by atoms with Crippen LogP contribution in [0.15, 0.2) is 54.7 Å². The molecule has 0 saturated carbocycles. The van der Waals surface area contributed by atoms with Crippen LogP contribution in [0.3, 0.4) is 0 Å². The normalized spacial score (nSPS) is 12.2. The summed E-state index contributed by atoms with van der Waals surface area (Å²) in [6.45, 7) is 3.90. The first kappa shape index (κ1) is 24.0. The van der Waals surface area contributed by atoms with Crippen molar-refractivity contribution in [1.29, 1.82) is 5.26 Å². The Labute approximate surface area is 189 Å². The van der Waals surface area contributed by atoms with Crippen molar-refractivity contribution in [3.63, 3.8) is 0 Å². The fraction of sp³-hybridized carbons (Fsp3) is 0.240. The number of pyridine rings is 1. The van der Waals surface area contributed by atoms with Crippen molar-refractivity contribution in [2.24, 2.45) is 0 Å². The van der Waals surface area contributed by atoms with Crippen LogP contribution in [0, 0.1) is 25.2 Å². The first-order chi connectivity index (χ1) is 15.6. The van der Waals surface area contributed by atoms with Gasteiger partial charge in [-0.05, 0) is 78.4 Å². The highest BCUT2D eigenvalue weighted by Gasteiger charge is 2.39. The molecule has 1 atom stereocenters. The summed E-state index contributed by atoms with van der Waals surface area (Å²) in [5.41, 5.74) is 2.93. The van der Waals surface area contributed by atoms with E-state index in [4.69, 9.17) is 0 Å². The zero-order valence-electron chi connectivity index (χ0n) is 18.1. The molecule has 33 heavy (non-hydrogen) atoms. The van der Waals surface area contributed by atoms with Crippen LogP contribution in [0.4, 0.5) is 13.2 Å². The van der Waals surface area contributed by atoms with Gasteiger partial charge in [0.1, 0.15) is 0 Å². The number of rotatable bonds is 6. The monoisotopic (exact) mass is 453 g/mol. The van der Waals surface area contributed by atoms with Crippen LogP contribution in [-0.4, -0.2) is 28.7 Å². The molecule has 0 spiro atoms. The van der Waals surface area contributed by atoms with E-state index in [1.807, 2.05) is 25.1 Å². The molecule has 0 radical (unpaired) electrons. The molecule has 5 nitrogen and oxygen atoms in total. The molecule has 8 heteroatoms. The van der Waals surface area contributed by atoms with Crippen LogP contribution >= 0.6 is 0 Å². The van der Waals surface area contributed by atoms with Crippen molar-refractivity contribution in [2.45, 2.75) is 32.5 Å². The number of carbonyl (C=O) groups excluding carboxylic acids is 1. The molecule has 0 saturated heterocycles. The van der Waals surface area contributed by atoms with E-state index in [0.29, 0.717) is 12.0 Å². The highest BCUT2D eigenvalue weighted by Crippen LogP contribution is 2.35. The predicted molar refractivity (Wildman–Crippen MR) is 117 cm³/mol. The van der Waals surface area contributed by atoms with Gasteiger partial charge in [-0.15, -0.1) is 0 Å². The first-order valence-corrected chi connectivity index (χ1v) is 10.2. The molecular formula is C25H22F3N3O2. The summed E-state index contributed by atoms with van der Waals surface area (Å²) in [5.74, 6) is -0.585. The van der Waals surface area contributed by atoms with Crippen molar-refractivity contribution in [3.05, 3.63) is 88.2 Å². The van der Waals surface area contributed by atoms with Gasteiger partial charge in [-0.2, -0.15) is 18.4 Å². The van der Waals surface area contributed by atoms with Crippen LogP contribution in [0.2, 0.25) is 0 Å². The first-order valence-electron chi connectivity index (χ1n) is 10.2. The number of aryl methyl sites for hydroxylation is 2. The molecule has 0 aliphatic heterocycles. The molecule has 0 unspecified atom stereocenters. The molecule has 0 aliphatic carbocycles. The quantitative estimate of drug-likeness (QED) is 0.561. The van der Waals surface area contributed by atoms with E-state index in [0.717, 1.165) is 29.0 Å². The molecule has 170 valence electrons. The summed E-state index contributed by atoms with van der Waals surface area (Å²) in [7, 11) is 0. The zero-order chi connectivity index (χ0) is 24.2. The molecular weight excluding hydrogens is 431 g/mol. The summed E-state index contributed by atoms with van der Waals surface area (Å²) in [4.78, 5) is 16.9. The minimum atomic E-state index is -4.91. The van der Waals surface area contributed by atoms with E-state index in [1.165, 1.54) is 6.07 Å². The average Bonchev–Trinajstić information content (AvgIpc) is 2.78. The summed E-state index contributed by atoms with van der Waals surface area (Å²) < 4.78 is 39.6. The van der Waals surface area contributed by atoms with Gasteiger partial charge < -0.3 is 10.4 Å². The fourth-order valence-corrected chi connectivity index (χ4v) is 3.36. The number of aromatic nitrogens is 1. The zero-order valence-corrected chi connectivity index (χ0v) is 18.1. The smallest absolute Gasteiger partial charge is 0.379 e. The summed E-state index contributed by atoms with van der Waals surface area (Å²) in [6.07, 6.45) is -5.48. The maximum absolute atomic E-state index is 13.2. The van der Waals surface area contributed by atoms with Crippen molar-refractivity contribution in [2.75, 3.05) is 6.54 Å². The third-order valence-electron chi connectivity index (χ3n) is 5.12. The third-order valence-corrected chi connectivity index (χ3v) is 5.12. The van der Waals surface area contributed by atoms with Crippen LogP contribution in [-0.2, 0) is 6.42 Å². The summed E-state index contributed by atoms with van der Waals surface area (Å²) in [5, 5.41) is 22.0. The van der Waals surface area contributed by atoms with Crippen LogP contribution < -0.4 is 5.32 Å². The number of carbonyl (C=O) groups is 1. The highest BCUT2D eigenvalue weighted by atomic mass is 19.4. The minimum Gasteiger partial charge on any atom is -0.379 e. The maximum atomic E-state index is 13.2. The Bertz CT molecular complexity index is 1200.